The third-order valence-electron chi connectivity index (χ3n) is 3.33. The highest BCUT2D eigenvalue weighted by Crippen LogP contribution is 2.22. The van der Waals surface area contributed by atoms with Crippen LogP contribution in [0.15, 0.2) is 29.2 Å². The molecule has 20 heavy (non-hydrogen) atoms. The van der Waals surface area contributed by atoms with Crippen LogP contribution >= 0.6 is 23.4 Å². The molecule has 1 aromatic carbocycles. The molecule has 1 heterocycles. The molecule has 1 saturated heterocycles. The summed E-state index contributed by atoms with van der Waals surface area (Å²) >= 11 is 7.22. The van der Waals surface area contributed by atoms with E-state index in [1.807, 2.05) is 12.1 Å². The van der Waals surface area contributed by atoms with Gasteiger partial charge >= 0.3 is 0 Å². The number of amides is 1. The lowest BCUT2D eigenvalue weighted by Crippen LogP contribution is -2.38. The lowest BCUT2D eigenvalue weighted by atomic mass is 10.2. The average Bonchev–Trinajstić information content (AvgIpc) is 2.77. The third-order valence-corrected chi connectivity index (χ3v) is 6.32. The maximum absolute atomic E-state index is 12.1. The summed E-state index contributed by atoms with van der Waals surface area (Å²) in [7, 11) is -1.28. The van der Waals surface area contributed by atoms with E-state index in [0.717, 1.165) is 4.90 Å². The highest BCUT2D eigenvalue weighted by molar-refractivity contribution is 8.00. The molecule has 7 heteroatoms. The van der Waals surface area contributed by atoms with Crippen molar-refractivity contribution in [1.82, 2.24) is 4.90 Å². The van der Waals surface area contributed by atoms with Crippen LogP contribution in [0.25, 0.3) is 0 Å². The maximum Gasteiger partial charge on any atom is 0.232 e. The highest BCUT2D eigenvalue weighted by atomic mass is 35.5. The molecular weight excluding hydrogens is 318 g/mol. The zero-order valence-electron chi connectivity index (χ0n) is 11.1. The second-order valence-corrected chi connectivity index (χ2v) is 8.52. The Morgan fingerprint density at radius 2 is 2.05 bits per heavy atom. The summed E-state index contributed by atoms with van der Waals surface area (Å²) in [5, 5.41) is 0.661. The van der Waals surface area contributed by atoms with Gasteiger partial charge in [0, 0.05) is 23.0 Å². The van der Waals surface area contributed by atoms with Gasteiger partial charge in [0.05, 0.1) is 17.3 Å². The summed E-state index contributed by atoms with van der Waals surface area (Å²) in [6.45, 7) is 0. The molecule has 0 radical (unpaired) electrons. The van der Waals surface area contributed by atoms with Gasteiger partial charge in [-0.2, -0.15) is 0 Å². The zero-order chi connectivity index (χ0) is 14.8. The highest BCUT2D eigenvalue weighted by Gasteiger charge is 2.32. The van der Waals surface area contributed by atoms with Gasteiger partial charge in [0.25, 0.3) is 0 Å². The van der Waals surface area contributed by atoms with E-state index in [4.69, 9.17) is 11.6 Å². The molecule has 4 nitrogen and oxygen atoms in total. The van der Waals surface area contributed by atoms with Crippen molar-refractivity contribution in [2.45, 2.75) is 17.4 Å². The van der Waals surface area contributed by atoms with E-state index in [0.29, 0.717) is 17.2 Å². The molecule has 1 fully saturated rings. The van der Waals surface area contributed by atoms with E-state index in [-0.39, 0.29) is 23.5 Å². The predicted octanol–water partition coefficient (Wildman–Crippen LogP) is 2.08. The summed E-state index contributed by atoms with van der Waals surface area (Å²) in [4.78, 5) is 14.6. The first-order valence-corrected chi connectivity index (χ1v) is 9.40. The molecule has 1 aromatic rings. The molecule has 0 spiro atoms. The first-order valence-electron chi connectivity index (χ1n) is 6.22. The standard InChI is InChI=1S/C13H16ClNO3S2/c1-15(11-6-7-20(17,18)9-11)13(16)8-19-12-4-2-10(14)3-5-12/h2-5,11H,6-9H2,1H3/t11-/m1/s1. The van der Waals surface area contributed by atoms with Crippen molar-refractivity contribution in [3.05, 3.63) is 29.3 Å². The van der Waals surface area contributed by atoms with Crippen molar-refractivity contribution in [2.75, 3.05) is 24.3 Å². The lowest BCUT2D eigenvalue weighted by molar-refractivity contribution is -0.128. The molecule has 0 bridgehead atoms. The second kappa shape index (κ2) is 6.37. The summed E-state index contributed by atoms with van der Waals surface area (Å²) in [6, 6.07) is 7.10. The first kappa shape index (κ1) is 15.7. The molecule has 0 aromatic heterocycles. The van der Waals surface area contributed by atoms with Gasteiger partial charge < -0.3 is 4.90 Å². The largest absolute Gasteiger partial charge is 0.341 e. The Bertz CT molecular complexity index is 586. The number of rotatable bonds is 4. The monoisotopic (exact) mass is 333 g/mol. The van der Waals surface area contributed by atoms with E-state index in [1.54, 1.807) is 24.1 Å². The van der Waals surface area contributed by atoms with Crippen molar-refractivity contribution in [1.29, 1.82) is 0 Å². The molecular formula is C13H16ClNO3S2. The Morgan fingerprint density at radius 3 is 2.60 bits per heavy atom. The second-order valence-electron chi connectivity index (χ2n) is 4.80. The van der Waals surface area contributed by atoms with E-state index in [9.17, 15) is 13.2 Å². The third kappa shape index (κ3) is 4.14. The molecule has 0 unspecified atom stereocenters. The molecule has 2 rings (SSSR count). The summed E-state index contributed by atoms with van der Waals surface area (Å²) in [5.41, 5.74) is 0. The van der Waals surface area contributed by atoms with Gasteiger partial charge in [0.2, 0.25) is 5.91 Å². The Kier molecular flexibility index (Phi) is 4.99. The van der Waals surface area contributed by atoms with E-state index in [2.05, 4.69) is 0 Å². The number of halogens is 1. The number of sulfone groups is 1. The van der Waals surface area contributed by atoms with Crippen LogP contribution < -0.4 is 0 Å². The van der Waals surface area contributed by atoms with E-state index in [1.165, 1.54) is 11.8 Å². The molecule has 110 valence electrons. The molecule has 0 saturated carbocycles. The Morgan fingerprint density at radius 1 is 1.40 bits per heavy atom. The van der Waals surface area contributed by atoms with Gasteiger partial charge in [-0.05, 0) is 30.7 Å². The first-order chi connectivity index (χ1) is 9.37. The Hall–Kier alpha value is -0.720. The van der Waals surface area contributed by atoms with Gasteiger partial charge in [-0.15, -0.1) is 11.8 Å². The number of hydrogen-bond acceptors (Lipinski definition) is 4. The van der Waals surface area contributed by atoms with Gasteiger partial charge in [-0.1, -0.05) is 11.6 Å². The van der Waals surface area contributed by atoms with Crippen molar-refractivity contribution < 1.29 is 13.2 Å². The number of carbonyl (C=O) groups is 1. The summed E-state index contributed by atoms with van der Waals surface area (Å²) < 4.78 is 22.8. The molecule has 1 aliphatic heterocycles. The maximum atomic E-state index is 12.1. The fourth-order valence-corrected chi connectivity index (χ4v) is 4.78. The number of benzene rings is 1. The van der Waals surface area contributed by atoms with E-state index < -0.39 is 9.84 Å². The van der Waals surface area contributed by atoms with Crippen molar-refractivity contribution in [3.8, 4) is 0 Å². The van der Waals surface area contributed by atoms with Crippen LogP contribution in [0, 0.1) is 0 Å². The van der Waals surface area contributed by atoms with Crippen LogP contribution in [0.4, 0.5) is 0 Å². The SMILES string of the molecule is CN(C(=O)CSc1ccc(Cl)cc1)[C@@H]1CCS(=O)(=O)C1. The molecule has 1 aliphatic rings. The fourth-order valence-electron chi connectivity index (χ4n) is 2.06. The topological polar surface area (TPSA) is 54.5 Å². The van der Waals surface area contributed by atoms with E-state index >= 15 is 0 Å². The molecule has 1 atom stereocenters. The van der Waals surface area contributed by atoms with Gasteiger partial charge in [-0.3, -0.25) is 4.79 Å². The zero-order valence-corrected chi connectivity index (χ0v) is 13.5. The molecule has 1 amide bonds. The van der Waals surface area contributed by atoms with Crippen molar-refractivity contribution in [2.24, 2.45) is 0 Å². The average molecular weight is 334 g/mol. The van der Waals surface area contributed by atoms with Crippen LogP contribution in [0.5, 0.6) is 0 Å². The van der Waals surface area contributed by atoms with Crippen LogP contribution in [0.2, 0.25) is 5.02 Å². The Balaban J connectivity index is 1.87. The van der Waals surface area contributed by atoms with Gasteiger partial charge in [-0.25, -0.2) is 8.42 Å². The van der Waals surface area contributed by atoms with Gasteiger partial charge in [0.15, 0.2) is 9.84 Å². The smallest absolute Gasteiger partial charge is 0.232 e. The van der Waals surface area contributed by atoms with Crippen LogP contribution in [0.3, 0.4) is 0 Å². The Labute approximate surface area is 128 Å². The molecule has 0 N–H and O–H groups in total. The van der Waals surface area contributed by atoms with Crippen molar-refractivity contribution >= 4 is 39.1 Å². The van der Waals surface area contributed by atoms with Crippen LogP contribution in [-0.4, -0.2) is 49.6 Å². The number of thioether (sulfide) groups is 1. The summed E-state index contributed by atoms with van der Waals surface area (Å²) in [5.74, 6) is 0.516. The normalized spacial score (nSPS) is 20.8. The van der Waals surface area contributed by atoms with Gasteiger partial charge in [0.1, 0.15) is 0 Å². The summed E-state index contributed by atoms with van der Waals surface area (Å²) in [6.07, 6.45) is 0.538. The van der Waals surface area contributed by atoms with Crippen molar-refractivity contribution in [3.63, 3.8) is 0 Å². The molecule has 0 aliphatic carbocycles. The predicted molar refractivity (Wildman–Crippen MR) is 82.0 cm³/mol. The van der Waals surface area contributed by atoms with Crippen LogP contribution in [-0.2, 0) is 14.6 Å². The number of hydrogen-bond donors (Lipinski definition) is 0. The lowest BCUT2D eigenvalue weighted by Gasteiger charge is -2.23. The fraction of sp³-hybridized carbons (Fsp3) is 0.462. The number of carbonyl (C=O) groups excluding carboxylic acids is 1. The van der Waals surface area contributed by atoms with Crippen LogP contribution in [0.1, 0.15) is 6.42 Å². The minimum Gasteiger partial charge on any atom is -0.341 e. The quantitative estimate of drug-likeness (QED) is 0.792. The minimum absolute atomic E-state index is 0.0490. The minimum atomic E-state index is -2.96. The number of nitrogens with zero attached hydrogens (tertiary/aromatic N) is 1.